The number of fused-ring (bicyclic) bond motifs is 1. The van der Waals surface area contributed by atoms with Gasteiger partial charge in [0.25, 0.3) is 0 Å². The molecule has 2 heteroatoms. The second-order valence-corrected chi connectivity index (χ2v) is 4.62. The zero-order valence-electron chi connectivity index (χ0n) is 9.65. The van der Waals surface area contributed by atoms with Gasteiger partial charge in [-0.05, 0) is 42.7 Å². The van der Waals surface area contributed by atoms with Crippen LogP contribution in [0.4, 0.5) is 0 Å². The monoisotopic (exact) mass is 218 g/mol. The van der Waals surface area contributed by atoms with Gasteiger partial charge in [-0.2, -0.15) is 0 Å². The van der Waals surface area contributed by atoms with E-state index in [1.807, 2.05) is 13.0 Å². The zero-order valence-corrected chi connectivity index (χ0v) is 9.65. The molecule has 0 spiro atoms. The first-order chi connectivity index (χ1) is 7.72. The molecule has 2 nitrogen and oxygen atoms in total. The summed E-state index contributed by atoms with van der Waals surface area (Å²) in [5.41, 5.74) is 2.75. The maximum Gasteiger partial charge on any atom is 0.306 e. The van der Waals surface area contributed by atoms with Crippen LogP contribution in [-0.2, 0) is 17.6 Å². The highest BCUT2D eigenvalue weighted by Crippen LogP contribution is 2.31. The second-order valence-electron chi connectivity index (χ2n) is 4.62. The Labute approximate surface area is 96.3 Å². The fourth-order valence-corrected chi connectivity index (χ4v) is 2.78. The summed E-state index contributed by atoms with van der Waals surface area (Å²) >= 11 is 0. The smallest absolute Gasteiger partial charge is 0.306 e. The van der Waals surface area contributed by atoms with Crippen LogP contribution < -0.4 is 0 Å². The molecule has 0 aliphatic heterocycles. The molecule has 2 atom stereocenters. The van der Waals surface area contributed by atoms with Crippen molar-refractivity contribution in [3.8, 4) is 0 Å². The minimum atomic E-state index is -0.633. The number of aryl methyl sites for hydroxylation is 1. The van der Waals surface area contributed by atoms with Crippen LogP contribution in [0.5, 0.6) is 0 Å². The summed E-state index contributed by atoms with van der Waals surface area (Å²) in [5, 5.41) is 9.17. The van der Waals surface area contributed by atoms with Gasteiger partial charge in [0.15, 0.2) is 0 Å². The molecule has 0 radical (unpaired) electrons. The lowest BCUT2D eigenvalue weighted by Gasteiger charge is -2.28. The zero-order chi connectivity index (χ0) is 11.5. The number of aliphatic carboxylic acids is 1. The molecule has 1 aliphatic carbocycles. The summed E-state index contributed by atoms with van der Waals surface area (Å²) in [4.78, 5) is 11.1. The van der Waals surface area contributed by atoms with E-state index in [-0.39, 0.29) is 5.92 Å². The van der Waals surface area contributed by atoms with Crippen LogP contribution in [0.1, 0.15) is 30.9 Å². The first-order valence-electron chi connectivity index (χ1n) is 6.02. The average molecular weight is 218 g/mol. The Morgan fingerprint density at radius 3 is 2.75 bits per heavy atom. The maximum atomic E-state index is 11.1. The number of carboxylic acid groups (broad SMARTS) is 1. The van der Waals surface area contributed by atoms with Crippen molar-refractivity contribution in [3.05, 3.63) is 35.4 Å². The van der Waals surface area contributed by atoms with E-state index in [9.17, 15) is 9.90 Å². The van der Waals surface area contributed by atoms with Crippen LogP contribution in [0, 0.1) is 11.8 Å². The molecule has 0 amide bonds. The van der Waals surface area contributed by atoms with Gasteiger partial charge < -0.3 is 5.11 Å². The van der Waals surface area contributed by atoms with E-state index < -0.39 is 5.97 Å². The Balaban J connectivity index is 2.15. The molecule has 0 aromatic heterocycles. The predicted octanol–water partition coefficient (Wildman–Crippen LogP) is 2.90. The Bertz CT molecular complexity index is 384. The molecule has 2 unspecified atom stereocenters. The average Bonchev–Trinajstić information content (AvgIpc) is 2.29. The first-order valence-corrected chi connectivity index (χ1v) is 6.02. The molecule has 2 rings (SSSR count). The van der Waals surface area contributed by atoms with Crippen LogP contribution in [0.25, 0.3) is 0 Å². The third kappa shape index (κ3) is 2.11. The number of benzene rings is 1. The lowest BCUT2D eigenvalue weighted by atomic mass is 9.76. The predicted molar refractivity (Wildman–Crippen MR) is 63.4 cm³/mol. The van der Waals surface area contributed by atoms with Crippen molar-refractivity contribution < 1.29 is 9.90 Å². The van der Waals surface area contributed by atoms with Crippen LogP contribution in [0.2, 0.25) is 0 Å². The van der Waals surface area contributed by atoms with Crippen molar-refractivity contribution in [1.82, 2.24) is 0 Å². The molecule has 0 saturated carbocycles. The molecule has 86 valence electrons. The molecular formula is C14H18O2. The Kier molecular flexibility index (Phi) is 3.28. The lowest BCUT2D eigenvalue weighted by molar-refractivity contribution is -0.144. The van der Waals surface area contributed by atoms with E-state index >= 15 is 0 Å². The molecular weight excluding hydrogens is 200 g/mol. The second kappa shape index (κ2) is 4.69. The van der Waals surface area contributed by atoms with Gasteiger partial charge in [0.2, 0.25) is 0 Å². The number of carbonyl (C=O) groups is 1. The number of hydrogen-bond acceptors (Lipinski definition) is 1. The highest BCUT2D eigenvalue weighted by molar-refractivity contribution is 5.70. The van der Waals surface area contributed by atoms with Gasteiger partial charge in [-0.25, -0.2) is 0 Å². The normalized spacial score (nSPS) is 21.2. The van der Waals surface area contributed by atoms with Crippen molar-refractivity contribution in [2.24, 2.45) is 11.8 Å². The van der Waals surface area contributed by atoms with Crippen molar-refractivity contribution in [1.29, 1.82) is 0 Å². The maximum absolute atomic E-state index is 11.1. The van der Waals surface area contributed by atoms with Gasteiger partial charge in [0, 0.05) is 0 Å². The van der Waals surface area contributed by atoms with Crippen molar-refractivity contribution in [3.63, 3.8) is 0 Å². The van der Waals surface area contributed by atoms with Crippen molar-refractivity contribution >= 4 is 5.97 Å². The molecule has 0 bridgehead atoms. The topological polar surface area (TPSA) is 37.3 Å². The summed E-state index contributed by atoms with van der Waals surface area (Å²) in [7, 11) is 0. The van der Waals surface area contributed by atoms with Crippen LogP contribution in [-0.4, -0.2) is 11.1 Å². The summed E-state index contributed by atoms with van der Waals surface area (Å²) in [6.45, 7) is 1.97. The Morgan fingerprint density at radius 2 is 2.12 bits per heavy atom. The van der Waals surface area contributed by atoms with E-state index in [1.54, 1.807) is 0 Å². The fourth-order valence-electron chi connectivity index (χ4n) is 2.78. The van der Waals surface area contributed by atoms with Gasteiger partial charge in [-0.15, -0.1) is 0 Å². The molecule has 1 aliphatic rings. The van der Waals surface area contributed by atoms with E-state index in [0.717, 1.165) is 25.7 Å². The molecule has 16 heavy (non-hydrogen) atoms. The highest BCUT2D eigenvalue weighted by atomic mass is 16.4. The van der Waals surface area contributed by atoms with E-state index in [2.05, 4.69) is 18.2 Å². The molecule has 1 N–H and O–H groups in total. The number of rotatable bonds is 3. The molecule has 1 aromatic carbocycles. The van der Waals surface area contributed by atoms with Crippen LogP contribution in [0.15, 0.2) is 24.3 Å². The summed E-state index contributed by atoms with van der Waals surface area (Å²) in [6, 6.07) is 8.40. The summed E-state index contributed by atoms with van der Waals surface area (Å²) < 4.78 is 0. The Hall–Kier alpha value is -1.31. The summed E-state index contributed by atoms with van der Waals surface area (Å²) in [5.74, 6) is -0.488. The van der Waals surface area contributed by atoms with Gasteiger partial charge in [0.1, 0.15) is 0 Å². The highest BCUT2D eigenvalue weighted by Gasteiger charge is 2.29. The van der Waals surface area contributed by atoms with Gasteiger partial charge >= 0.3 is 5.97 Å². The number of carboxylic acids is 1. The van der Waals surface area contributed by atoms with Crippen LogP contribution in [0.3, 0.4) is 0 Å². The van der Waals surface area contributed by atoms with Crippen molar-refractivity contribution in [2.75, 3.05) is 0 Å². The summed E-state index contributed by atoms with van der Waals surface area (Å²) in [6.07, 6.45) is 3.72. The van der Waals surface area contributed by atoms with E-state index in [1.165, 1.54) is 11.1 Å². The van der Waals surface area contributed by atoms with Gasteiger partial charge in [-0.1, -0.05) is 31.2 Å². The largest absolute Gasteiger partial charge is 0.481 e. The van der Waals surface area contributed by atoms with Crippen molar-refractivity contribution in [2.45, 2.75) is 32.6 Å². The van der Waals surface area contributed by atoms with E-state index in [4.69, 9.17) is 0 Å². The number of hydrogen-bond donors (Lipinski definition) is 1. The Morgan fingerprint density at radius 1 is 1.44 bits per heavy atom. The minimum absolute atomic E-state index is 0.173. The van der Waals surface area contributed by atoms with Gasteiger partial charge in [0.05, 0.1) is 5.92 Å². The molecule has 0 fully saturated rings. The third-order valence-electron chi connectivity index (χ3n) is 3.71. The first kappa shape index (κ1) is 11.2. The lowest BCUT2D eigenvalue weighted by Crippen LogP contribution is -2.28. The van der Waals surface area contributed by atoms with Crippen LogP contribution >= 0.6 is 0 Å². The minimum Gasteiger partial charge on any atom is -0.481 e. The standard InChI is InChI=1S/C14H18O2/c1-2-13(14(15)16)12-8-7-10-5-3-4-6-11(10)9-12/h3-6,12-13H,2,7-9H2,1H3,(H,15,16). The fraction of sp³-hybridized carbons (Fsp3) is 0.500. The van der Waals surface area contributed by atoms with Gasteiger partial charge in [-0.3, -0.25) is 4.79 Å². The third-order valence-corrected chi connectivity index (χ3v) is 3.71. The quantitative estimate of drug-likeness (QED) is 0.847. The molecule has 0 heterocycles. The van der Waals surface area contributed by atoms with E-state index in [0.29, 0.717) is 5.92 Å². The molecule has 1 aromatic rings. The SMILES string of the molecule is CCC(C(=O)O)C1CCc2ccccc2C1. The molecule has 0 saturated heterocycles.